The fourth-order valence-electron chi connectivity index (χ4n) is 3.50. The van der Waals surface area contributed by atoms with Crippen LogP contribution in [0.5, 0.6) is 0 Å². The summed E-state index contributed by atoms with van der Waals surface area (Å²) in [5, 5.41) is 8.07. The first-order valence-electron chi connectivity index (χ1n) is 8.45. The summed E-state index contributed by atoms with van der Waals surface area (Å²) in [4.78, 5) is 0. The van der Waals surface area contributed by atoms with E-state index in [1.165, 1.54) is 10.2 Å². The molecule has 1 unspecified atom stereocenters. The molecular weight excluding hydrogens is 350 g/mol. The largest absolute Gasteiger partial charge is 0.369 e. The molecule has 8 heteroatoms. The quantitative estimate of drug-likeness (QED) is 0.481. The Morgan fingerprint density at radius 2 is 1.92 bits per heavy atom. The molecule has 138 valence electrons. The fourth-order valence-corrected chi connectivity index (χ4v) is 4.38. The summed E-state index contributed by atoms with van der Waals surface area (Å²) in [5.74, 6) is -0.0155. The average molecular weight is 373 g/mol. The molecule has 0 saturated carbocycles. The van der Waals surface area contributed by atoms with Gasteiger partial charge in [-0.1, -0.05) is 37.3 Å². The predicted octanol–water partition coefficient (Wildman–Crippen LogP) is 1.57. The van der Waals surface area contributed by atoms with Crippen LogP contribution in [0.2, 0.25) is 0 Å². The van der Waals surface area contributed by atoms with E-state index in [1.807, 2.05) is 37.3 Å². The Bertz CT molecular complexity index is 971. The van der Waals surface area contributed by atoms with Crippen LogP contribution in [-0.4, -0.2) is 30.3 Å². The number of aryl methyl sites for hydroxylation is 1. The second-order valence-electron chi connectivity index (χ2n) is 6.48. The topological polar surface area (TPSA) is 116 Å². The number of nitrogens with two attached hydrogens (primary N) is 2. The van der Waals surface area contributed by atoms with E-state index in [0.29, 0.717) is 25.0 Å². The summed E-state index contributed by atoms with van der Waals surface area (Å²) in [6.07, 6.45) is 4.87. The fraction of sp³-hybridized carbons (Fsp3) is 0.333. The highest BCUT2D eigenvalue weighted by Crippen LogP contribution is 2.36. The van der Waals surface area contributed by atoms with Crippen molar-refractivity contribution in [2.24, 2.45) is 21.7 Å². The number of aromatic nitrogens is 1. The molecule has 1 aromatic heterocycles. The van der Waals surface area contributed by atoms with Crippen LogP contribution < -0.4 is 11.5 Å². The molecule has 7 nitrogen and oxygen atoms in total. The number of hydrogen-bond donors (Lipinski definition) is 2. The summed E-state index contributed by atoms with van der Waals surface area (Å²) >= 11 is 0. The molecule has 0 amide bonds. The molecule has 3 rings (SSSR count). The maximum atomic E-state index is 12.3. The van der Waals surface area contributed by atoms with Crippen LogP contribution in [0.25, 0.3) is 0 Å². The SMILES string of the molecule is CCc1cn(S(C)(=O)=O)c2c1/C(=N/N=C(N)N)CC(c1ccccc1)C2. The molecule has 26 heavy (non-hydrogen) atoms. The van der Waals surface area contributed by atoms with Crippen LogP contribution in [0.4, 0.5) is 0 Å². The molecule has 1 heterocycles. The Kier molecular flexibility index (Phi) is 4.86. The van der Waals surface area contributed by atoms with Gasteiger partial charge in [-0.05, 0) is 36.3 Å². The first-order chi connectivity index (χ1) is 12.3. The van der Waals surface area contributed by atoms with Gasteiger partial charge in [-0.2, -0.15) is 5.10 Å². The van der Waals surface area contributed by atoms with E-state index in [0.717, 1.165) is 22.4 Å². The van der Waals surface area contributed by atoms with E-state index in [9.17, 15) is 8.42 Å². The highest BCUT2D eigenvalue weighted by atomic mass is 32.2. The van der Waals surface area contributed by atoms with Crippen LogP contribution in [0.15, 0.2) is 46.7 Å². The summed E-state index contributed by atoms with van der Waals surface area (Å²) in [6.45, 7) is 1.99. The molecule has 0 bridgehead atoms. The van der Waals surface area contributed by atoms with Crippen LogP contribution >= 0.6 is 0 Å². The minimum atomic E-state index is -3.42. The van der Waals surface area contributed by atoms with Gasteiger partial charge < -0.3 is 11.5 Å². The first kappa shape index (κ1) is 18.2. The van der Waals surface area contributed by atoms with Crippen molar-refractivity contribution in [3.05, 3.63) is 58.9 Å². The van der Waals surface area contributed by atoms with Gasteiger partial charge in [0, 0.05) is 17.5 Å². The molecular formula is C18H23N5O2S. The minimum absolute atomic E-state index is 0.108. The minimum Gasteiger partial charge on any atom is -0.369 e. The van der Waals surface area contributed by atoms with Crippen molar-refractivity contribution in [1.29, 1.82) is 0 Å². The zero-order valence-electron chi connectivity index (χ0n) is 14.9. The van der Waals surface area contributed by atoms with E-state index in [-0.39, 0.29) is 11.9 Å². The van der Waals surface area contributed by atoms with Crippen LogP contribution in [-0.2, 0) is 22.9 Å². The lowest BCUT2D eigenvalue weighted by Gasteiger charge is -2.25. The summed E-state index contributed by atoms with van der Waals surface area (Å²) in [6, 6.07) is 10.0. The van der Waals surface area contributed by atoms with E-state index in [1.54, 1.807) is 6.20 Å². The van der Waals surface area contributed by atoms with Crippen LogP contribution in [0.3, 0.4) is 0 Å². The number of benzene rings is 1. The van der Waals surface area contributed by atoms with Gasteiger partial charge in [0.1, 0.15) is 0 Å². The number of rotatable bonds is 4. The number of nitrogens with zero attached hydrogens (tertiary/aromatic N) is 3. The molecule has 0 radical (unpaired) electrons. The van der Waals surface area contributed by atoms with Crippen molar-refractivity contribution in [1.82, 2.24) is 3.97 Å². The number of hydrogen-bond acceptors (Lipinski definition) is 4. The van der Waals surface area contributed by atoms with E-state index < -0.39 is 10.0 Å². The van der Waals surface area contributed by atoms with Gasteiger partial charge in [-0.3, -0.25) is 0 Å². The van der Waals surface area contributed by atoms with E-state index >= 15 is 0 Å². The third kappa shape index (κ3) is 3.50. The average Bonchev–Trinajstić information content (AvgIpc) is 2.99. The molecule has 4 N–H and O–H groups in total. The van der Waals surface area contributed by atoms with Gasteiger partial charge in [0.15, 0.2) is 0 Å². The predicted molar refractivity (Wildman–Crippen MR) is 104 cm³/mol. The molecule has 1 aliphatic carbocycles. The van der Waals surface area contributed by atoms with Gasteiger partial charge in [-0.15, -0.1) is 5.10 Å². The Labute approximate surface area is 153 Å². The zero-order chi connectivity index (χ0) is 18.9. The van der Waals surface area contributed by atoms with Gasteiger partial charge in [0.05, 0.1) is 12.0 Å². The van der Waals surface area contributed by atoms with Crippen molar-refractivity contribution >= 4 is 21.7 Å². The van der Waals surface area contributed by atoms with E-state index in [2.05, 4.69) is 10.2 Å². The molecule has 1 atom stereocenters. The van der Waals surface area contributed by atoms with Crippen molar-refractivity contribution in [3.8, 4) is 0 Å². The van der Waals surface area contributed by atoms with Gasteiger partial charge in [-0.25, -0.2) is 12.4 Å². The zero-order valence-corrected chi connectivity index (χ0v) is 15.7. The highest BCUT2D eigenvalue weighted by Gasteiger charge is 2.32. The summed E-state index contributed by atoms with van der Waals surface area (Å²) in [7, 11) is -3.42. The Hall–Kier alpha value is -2.61. The molecule has 2 aromatic rings. The van der Waals surface area contributed by atoms with Crippen LogP contribution in [0, 0.1) is 0 Å². The smallest absolute Gasteiger partial charge is 0.235 e. The number of fused-ring (bicyclic) bond motifs is 1. The van der Waals surface area contributed by atoms with Gasteiger partial charge in [0.25, 0.3) is 0 Å². The molecule has 0 spiro atoms. The first-order valence-corrected chi connectivity index (χ1v) is 10.3. The highest BCUT2D eigenvalue weighted by molar-refractivity contribution is 7.89. The third-order valence-electron chi connectivity index (χ3n) is 4.61. The normalized spacial score (nSPS) is 18.5. The van der Waals surface area contributed by atoms with Crippen LogP contribution in [0.1, 0.15) is 41.6 Å². The lowest BCUT2D eigenvalue weighted by Crippen LogP contribution is -2.25. The Balaban J connectivity index is 2.21. The van der Waals surface area contributed by atoms with Gasteiger partial charge in [0.2, 0.25) is 16.0 Å². The van der Waals surface area contributed by atoms with Gasteiger partial charge >= 0.3 is 0 Å². The maximum Gasteiger partial charge on any atom is 0.235 e. The monoisotopic (exact) mass is 373 g/mol. The third-order valence-corrected chi connectivity index (χ3v) is 5.65. The number of guanidine groups is 1. The molecule has 0 aliphatic heterocycles. The van der Waals surface area contributed by atoms with E-state index in [4.69, 9.17) is 11.5 Å². The maximum absolute atomic E-state index is 12.3. The Morgan fingerprint density at radius 1 is 1.23 bits per heavy atom. The second kappa shape index (κ2) is 6.95. The summed E-state index contributed by atoms with van der Waals surface area (Å²) < 4.78 is 26.0. The van der Waals surface area contributed by atoms with Crippen molar-refractivity contribution in [2.45, 2.75) is 32.1 Å². The van der Waals surface area contributed by atoms with Crippen molar-refractivity contribution in [2.75, 3.05) is 6.26 Å². The lowest BCUT2D eigenvalue weighted by molar-refractivity contribution is 0.587. The second-order valence-corrected chi connectivity index (χ2v) is 8.34. The standard InChI is InChI=1S/C18H23N5O2S/c1-3-12-11-23(26(2,24)25)16-10-14(13-7-5-4-6-8-13)9-15(17(12)16)21-22-18(19)20/h4-8,11,14H,3,9-10H2,1-2H3,(H4,19,20,22)/b21-15+. The summed E-state index contributed by atoms with van der Waals surface area (Å²) in [5.41, 5.74) is 15.3. The molecule has 1 aliphatic rings. The molecule has 1 aromatic carbocycles. The van der Waals surface area contributed by atoms with Crippen molar-refractivity contribution in [3.63, 3.8) is 0 Å². The Morgan fingerprint density at radius 3 is 2.50 bits per heavy atom. The lowest BCUT2D eigenvalue weighted by atomic mass is 9.81. The molecule has 0 saturated heterocycles. The molecule has 0 fully saturated rings. The van der Waals surface area contributed by atoms with Crippen molar-refractivity contribution < 1.29 is 8.42 Å².